The van der Waals surface area contributed by atoms with E-state index in [-0.39, 0.29) is 24.8 Å². The molecule has 4 heteroatoms. The molecule has 0 spiro atoms. The van der Waals surface area contributed by atoms with Crippen LogP contribution in [0.2, 0.25) is 13.1 Å². The van der Waals surface area contributed by atoms with Crippen molar-refractivity contribution in [1.29, 1.82) is 0 Å². The van der Waals surface area contributed by atoms with Gasteiger partial charge in [0.1, 0.15) is 0 Å². The van der Waals surface area contributed by atoms with E-state index in [1.807, 2.05) is 0 Å². The van der Waals surface area contributed by atoms with Crippen molar-refractivity contribution >= 4 is 17.3 Å². The van der Waals surface area contributed by atoms with Crippen molar-refractivity contribution < 1.29 is 41.4 Å². The van der Waals surface area contributed by atoms with Crippen LogP contribution in [0.3, 0.4) is 0 Å². The van der Waals surface area contributed by atoms with Gasteiger partial charge in [0, 0.05) is 0 Å². The number of aryl methyl sites for hydroxylation is 2. The Hall–Kier alpha value is -2.13. The summed E-state index contributed by atoms with van der Waals surface area (Å²) in [5.74, 6) is 0. The molecule has 202 valence electrons. The molecule has 2 aliphatic rings. The van der Waals surface area contributed by atoms with Crippen molar-refractivity contribution in [3.63, 3.8) is 0 Å². The summed E-state index contributed by atoms with van der Waals surface area (Å²) >= 11 is -1.74. The Morgan fingerprint density at radius 3 is 1.20 bits per heavy atom. The minimum atomic E-state index is -1.74. The normalized spacial score (nSPS) is 16.9. The Bertz CT molecular complexity index is 1540. The van der Waals surface area contributed by atoms with Crippen molar-refractivity contribution in [3.05, 3.63) is 153 Å². The molecular weight excluding hydrogens is 579 g/mol. The first-order chi connectivity index (χ1) is 18.4. The van der Waals surface area contributed by atoms with Gasteiger partial charge < -0.3 is 24.8 Å². The third kappa shape index (κ3) is 5.17. The van der Waals surface area contributed by atoms with Crippen molar-refractivity contribution in [2.45, 2.75) is 49.2 Å². The van der Waals surface area contributed by atoms with E-state index in [0.717, 1.165) is 0 Å². The van der Waals surface area contributed by atoms with Crippen LogP contribution in [0.25, 0.3) is 11.1 Å². The number of rotatable bonds is 4. The van der Waals surface area contributed by atoms with E-state index >= 15 is 0 Å². The smallest absolute Gasteiger partial charge is 1.00 e. The number of hydrogen-bond donors (Lipinski definition) is 0. The molecule has 0 radical (unpaired) electrons. The largest absolute Gasteiger partial charge is 1.00 e. The molecule has 0 amide bonds. The summed E-state index contributed by atoms with van der Waals surface area (Å²) in [7, 11) is 0. The number of hydrogen-bond acceptors (Lipinski definition) is 0. The van der Waals surface area contributed by atoms with E-state index in [1.54, 1.807) is 22.3 Å². The Kier molecular flexibility index (Phi) is 9.55. The number of benzene rings is 4. The molecule has 0 saturated heterocycles. The maximum atomic E-state index is 2.61. The van der Waals surface area contributed by atoms with Crippen LogP contribution in [0.5, 0.6) is 0 Å². The Balaban J connectivity index is 0.00000185. The molecule has 0 nitrogen and oxygen atoms in total. The fraction of sp³-hybridized carbons (Fsp3) is 0.222. The van der Waals surface area contributed by atoms with E-state index in [0.29, 0.717) is 8.45 Å². The number of halogens is 2. The van der Waals surface area contributed by atoms with Crippen LogP contribution >= 0.6 is 0 Å². The van der Waals surface area contributed by atoms with E-state index in [1.165, 1.54) is 44.5 Å². The van der Waals surface area contributed by atoms with Gasteiger partial charge >= 0.3 is 236 Å². The molecule has 0 aromatic heterocycles. The average molecular weight is 616 g/mol. The van der Waals surface area contributed by atoms with Crippen LogP contribution in [-0.2, 0) is 16.6 Å². The number of allylic oxidation sites excluding steroid dienone is 2. The molecule has 4 aromatic carbocycles. The number of fused-ring (bicyclic) bond motifs is 2. The summed E-state index contributed by atoms with van der Waals surface area (Å²) in [5, 5.41) is 0. The third-order valence-corrected chi connectivity index (χ3v) is 21.8. The van der Waals surface area contributed by atoms with Crippen LogP contribution in [0.15, 0.2) is 108 Å². The molecule has 40 heavy (non-hydrogen) atoms. The van der Waals surface area contributed by atoms with Crippen LogP contribution in [0.1, 0.15) is 66.8 Å². The van der Waals surface area contributed by atoms with Gasteiger partial charge in [0.05, 0.1) is 0 Å². The Labute approximate surface area is 259 Å². The van der Waals surface area contributed by atoms with Crippen LogP contribution in [-0.4, -0.2) is 6.19 Å². The second-order valence-electron chi connectivity index (χ2n) is 11.3. The molecule has 0 fully saturated rings. The first-order valence-electron chi connectivity index (χ1n) is 13.8. The average Bonchev–Trinajstić information content (AvgIpc) is 3.36. The summed E-state index contributed by atoms with van der Waals surface area (Å²) in [6, 6.07) is 37.1. The summed E-state index contributed by atoms with van der Waals surface area (Å²) < 4.78 is 1.19. The predicted molar refractivity (Wildman–Crippen MR) is 162 cm³/mol. The second-order valence-corrected chi connectivity index (χ2v) is 23.6. The Morgan fingerprint density at radius 2 is 0.850 bits per heavy atom. The van der Waals surface area contributed by atoms with Crippen molar-refractivity contribution in [1.82, 2.24) is 0 Å². The maximum Gasteiger partial charge on any atom is -1.00 e. The van der Waals surface area contributed by atoms with E-state index in [2.05, 4.69) is 138 Å². The zero-order chi connectivity index (χ0) is 26.6. The Morgan fingerprint density at radius 1 is 0.500 bits per heavy atom. The van der Waals surface area contributed by atoms with Crippen molar-refractivity contribution in [2.24, 2.45) is 0 Å². The third-order valence-electron chi connectivity index (χ3n) is 8.62. The molecular formula is C36H36Cl2SiTi. The summed E-state index contributed by atoms with van der Waals surface area (Å²) in [5.41, 5.74) is 17.7. The molecule has 4 aromatic rings. The molecule has 0 heterocycles. The van der Waals surface area contributed by atoms with Gasteiger partial charge in [-0.25, -0.2) is 0 Å². The molecule has 6 rings (SSSR count). The van der Waals surface area contributed by atoms with Gasteiger partial charge in [0.15, 0.2) is 0 Å². The molecule has 2 unspecified atom stereocenters. The SMILES string of the molecule is CC1=C(c2ccc(C)cc2)c2ccccc2[CH]1[Ti+2]([CH]1C(C)=C(c2ccc(C)cc2)c2ccccc21)=[Si](C)C.[Cl-].[Cl-]. The predicted octanol–water partition coefficient (Wildman–Crippen LogP) is 3.63. The first kappa shape index (κ1) is 30.8. The van der Waals surface area contributed by atoms with Gasteiger partial charge in [0.25, 0.3) is 0 Å². The monoisotopic (exact) mass is 614 g/mol. The van der Waals surface area contributed by atoms with Gasteiger partial charge in [-0.2, -0.15) is 0 Å². The molecule has 2 aliphatic carbocycles. The standard InChI is InChI=1S/2C17H15.C2H6Si.2ClH.Ti/c2*1-12-7-9-14(10-8-12)17-13(2)11-15-5-3-4-6-16(15)17;1-3-2;;;/h2*3-11H,1-2H3;1-2H3;2*1H;/q;;;;;+2/p-2. The van der Waals surface area contributed by atoms with Gasteiger partial charge in [-0.15, -0.1) is 0 Å². The van der Waals surface area contributed by atoms with E-state index in [9.17, 15) is 0 Å². The van der Waals surface area contributed by atoms with E-state index < -0.39 is 22.8 Å². The van der Waals surface area contributed by atoms with Crippen molar-refractivity contribution in [3.8, 4) is 0 Å². The van der Waals surface area contributed by atoms with Gasteiger partial charge in [-0.1, -0.05) is 0 Å². The summed E-state index contributed by atoms with van der Waals surface area (Å²) in [4.78, 5) is 0. The van der Waals surface area contributed by atoms with Crippen LogP contribution in [0, 0.1) is 13.8 Å². The fourth-order valence-corrected chi connectivity index (χ4v) is 20.8. The molecule has 0 bridgehead atoms. The maximum absolute atomic E-state index is 2.61. The summed E-state index contributed by atoms with van der Waals surface area (Å²) in [6.45, 7) is 14.5. The molecule has 0 N–H and O–H groups in total. The zero-order valence-electron chi connectivity index (χ0n) is 24.1. The van der Waals surface area contributed by atoms with Gasteiger partial charge in [-0.05, 0) is 0 Å². The first-order valence-corrected chi connectivity index (χ1v) is 20.4. The summed E-state index contributed by atoms with van der Waals surface area (Å²) in [6.07, 6.45) is -0.511. The second kappa shape index (κ2) is 12.4. The topological polar surface area (TPSA) is 0 Å². The quantitative estimate of drug-likeness (QED) is 0.308. The zero-order valence-corrected chi connectivity index (χ0v) is 28.2. The van der Waals surface area contributed by atoms with Crippen LogP contribution in [0.4, 0.5) is 0 Å². The molecule has 0 saturated carbocycles. The fourth-order valence-electron chi connectivity index (χ4n) is 6.89. The molecule has 2 atom stereocenters. The van der Waals surface area contributed by atoms with Gasteiger partial charge in [0.2, 0.25) is 0 Å². The van der Waals surface area contributed by atoms with E-state index in [4.69, 9.17) is 0 Å². The van der Waals surface area contributed by atoms with Crippen molar-refractivity contribution in [2.75, 3.05) is 0 Å². The minimum Gasteiger partial charge on any atom is -1.00 e. The van der Waals surface area contributed by atoms with Gasteiger partial charge in [-0.3, -0.25) is 0 Å². The molecule has 0 aliphatic heterocycles. The minimum absolute atomic E-state index is 0. The van der Waals surface area contributed by atoms with Crippen LogP contribution < -0.4 is 24.8 Å².